The van der Waals surface area contributed by atoms with E-state index in [4.69, 9.17) is 0 Å². The molecule has 0 bridgehead atoms. The fourth-order valence-corrected chi connectivity index (χ4v) is 3.59. The van der Waals surface area contributed by atoms with Crippen LogP contribution in [0.25, 0.3) is 0 Å². The molecule has 1 aliphatic heterocycles. The average molecular weight is 389 g/mol. The van der Waals surface area contributed by atoms with Crippen molar-refractivity contribution in [3.8, 4) is 0 Å². The van der Waals surface area contributed by atoms with E-state index in [1.54, 1.807) is 6.20 Å². The van der Waals surface area contributed by atoms with Crippen molar-refractivity contribution in [3.63, 3.8) is 0 Å². The summed E-state index contributed by atoms with van der Waals surface area (Å²) in [6.45, 7) is 7.21. The molecular formula is C23H28N6. The highest BCUT2D eigenvalue weighted by molar-refractivity contribution is 5.62. The van der Waals surface area contributed by atoms with E-state index in [9.17, 15) is 0 Å². The van der Waals surface area contributed by atoms with Gasteiger partial charge in [-0.15, -0.1) is 0 Å². The fraction of sp³-hybridized carbons (Fsp3) is 0.348. The van der Waals surface area contributed by atoms with E-state index < -0.39 is 0 Å². The maximum Gasteiger partial charge on any atom is 0.136 e. The molecule has 3 heterocycles. The molecule has 2 N–H and O–H groups in total. The SMILES string of the molecule is Cc1nc(NCc2cccnc2)cc(Nc2ccc(N3CCC(C)CC3)cc2)n1. The second-order valence-corrected chi connectivity index (χ2v) is 7.74. The average Bonchev–Trinajstić information content (AvgIpc) is 2.74. The highest BCUT2D eigenvalue weighted by atomic mass is 15.1. The Morgan fingerprint density at radius 1 is 1.03 bits per heavy atom. The third-order valence-electron chi connectivity index (χ3n) is 5.32. The van der Waals surface area contributed by atoms with Crippen molar-refractivity contribution < 1.29 is 0 Å². The van der Waals surface area contributed by atoms with Crippen LogP contribution >= 0.6 is 0 Å². The summed E-state index contributed by atoms with van der Waals surface area (Å²) in [6, 6.07) is 14.5. The Hall–Kier alpha value is -3.15. The number of aromatic nitrogens is 3. The number of piperidine rings is 1. The van der Waals surface area contributed by atoms with Crippen molar-refractivity contribution >= 4 is 23.0 Å². The standard InChI is InChI=1S/C23H28N6/c1-17-9-12-29(13-10-17)21-7-5-20(6-8-21)28-23-14-22(26-18(2)27-23)25-16-19-4-3-11-24-15-19/h3-8,11,14-15,17H,9-10,12-13,16H2,1-2H3,(H2,25,26,27,28). The Labute approximate surface area is 172 Å². The number of hydrogen-bond donors (Lipinski definition) is 2. The van der Waals surface area contributed by atoms with Gasteiger partial charge in [0.15, 0.2) is 0 Å². The van der Waals surface area contributed by atoms with Crippen molar-refractivity contribution in [1.82, 2.24) is 15.0 Å². The van der Waals surface area contributed by atoms with Gasteiger partial charge in [0, 0.05) is 49.5 Å². The minimum Gasteiger partial charge on any atom is -0.372 e. The third kappa shape index (κ3) is 5.22. The molecule has 1 aliphatic rings. The van der Waals surface area contributed by atoms with Crippen molar-refractivity contribution in [1.29, 1.82) is 0 Å². The summed E-state index contributed by atoms with van der Waals surface area (Å²) < 4.78 is 0. The topological polar surface area (TPSA) is 66.0 Å². The number of nitrogens with zero attached hydrogens (tertiary/aromatic N) is 4. The molecule has 3 aromatic rings. The lowest BCUT2D eigenvalue weighted by Gasteiger charge is -2.32. The maximum atomic E-state index is 4.52. The fourth-order valence-electron chi connectivity index (χ4n) is 3.59. The van der Waals surface area contributed by atoms with Crippen LogP contribution in [0.4, 0.5) is 23.0 Å². The van der Waals surface area contributed by atoms with Gasteiger partial charge in [0.1, 0.15) is 17.5 Å². The smallest absolute Gasteiger partial charge is 0.136 e. The van der Waals surface area contributed by atoms with Gasteiger partial charge < -0.3 is 15.5 Å². The third-order valence-corrected chi connectivity index (χ3v) is 5.32. The minimum atomic E-state index is 0.673. The highest BCUT2D eigenvalue weighted by Crippen LogP contribution is 2.25. The molecule has 6 heteroatoms. The van der Waals surface area contributed by atoms with Gasteiger partial charge in [-0.1, -0.05) is 13.0 Å². The maximum absolute atomic E-state index is 4.52. The molecular weight excluding hydrogens is 360 g/mol. The summed E-state index contributed by atoms with van der Waals surface area (Å²) in [5.41, 5.74) is 3.43. The molecule has 4 rings (SSSR count). The summed E-state index contributed by atoms with van der Waals surface area (Å²) in [5, 5.41) is 6.74. The van der Waals surface area contributed by atoms with Gasteiger partial charge in [-0.2, -0.15) is 0 Å². The quantitative estimate of drug-likeness (QED) is 0.634. The van der Waals surface area contributed by atoms with Crippen LogP contribution in [0.5, 0.6) is 0 Å². The predicted molar refractivity (Wildman–Crippen MR) is 119 cm³/mol. The van der Waals surface area contributed by atoms with Crippen molar-refractivity contribution in [2.75, 3.05) is 28.6 Å². The first-order chi connectivity index (χ1) is 14.2. The Morgan fingerprint density at radius 3 is 2.52 bits per heavy atom. The molecule has 0 atom stereocenters. The normalized spacial score (nSPS) is 14.6. The molecule has 2 aromatic heterocycles. The van der Waals surface area contributed by atoms with Crippen LogP contribution in [-0.2, 0) is 6.54 Å². The summed E-state index contributed by atoms with van der Waals surface area (Å²) in [7, 11) is 0. The molecule has 0 aliphatic carbocycles. The molecule has 0 amide bonds. The van der Waals surface area contributed by atoms with Gasteiger partial charge in [-0.25, -0.2) is 9.97 Å². The lowest BCUT2D eigenvalue weighted by Crippen LogP contribution is -2.32. The second-order valence-electron chi connectivity index (χ2n) is 7.74. The number of anilines is 4. The number of hydrogen-bond acceptors (Lipinski definition) is 6. The van der Waals surface area contributed by atoms with E-state index >= 15 is 0 Å². The summed E-state index contributed by atoms with van der Waals surface area (Å²) in [6.07, 6.45) is 6.17. The Balaban J connectivity index is 1.40. The summed E-state index contributed by atoms with van der Waals surface area (Å²) in [5.74, 6) is 3.14. The molecule has 1 aromatic carbocycles. The number of pyridine rings is 1. The number of rotatable bonds is 6. The first kappa shape index (κ1) is 19.2. The zero-order valence-corrected chi connectivity index (χ0v) is 17.1. The van der Waals surface area contributed by atoms with E-state index in [0.717, 1.165) is 47.7 Å². The second kappa shape index (κ2) is 8.90. The molecule has 0 unspecified atom stereocenters. The van der Waals surface area contributed by atoms with E-state index in [1.165, 1.54) is 18.5 Å². The Kier molecular flexibility index (Phi) is 5.89. The zero-order chi connectivity index (χ0) is 20.1. The molecule has 150 valence electrons. The number of aryl methyl sites for hydroxylation is 1. The van der Waals surface area contributed by atoms with E-state index in [-0.39, 0.29) is 0 Å². The predicted octanol–water partition coefficient (Wildman–Crippen LogP) is 4.77. The van der Waals surface area contributed by atoms with Crippen LogP contribution in [0.1, 0.15) is 31.2 Å². The molecule has 29 heavy (non-hydrogen) atoms. The minimum absolute atomic E-state index is 0.673. The van der Waals surface area contributed by atoms with Gasteiger partial charge >= 0.3 is 0 Å². The van der Waals surface area contributed by atoms with E-state index in [1.807, 2.05) is 31.3 Å². The van der Waals surface area contributed by atoms with Crippen LogP contribution in [0.2, 0.25) is 0 Å². The summed E-state index contributed by atoms with van der Waals surface area (Å²) >= 11 is 0. The van der Waals surface area contributed by atoms with Crippen LogP contribution in [0, 0.1) is 12.8 Å². The van der Waals surface area contributed by atoms with E-state index in [0.29, 0.717) is 6.54 Å². The van der Waals surface area contributed by atoms with Crippen LogP contribution in [-0.4, -0.2) is 28.0 Å². The van der Waals surface area contributed by atoms with Gasteiger partial charge in [0.25, 0.3) is 0 Å². The number of benzene rings is 1. The van der Waals surface area contributed by atoms with Crippen molar-refractivity contribution in [3.05, 3.63) is 66.2 Å². The van der Waals surface area contributed by atoms with E-state index in [2.05, 4.69) is 61.7 Å². The van der Waals surface area contributed by atoms with Gasteiger partial charge in [0.05, 0.1) is 0 Å². The Morgan fingerprint density at radius 2 is 1.79 bits per heavy atom. The molecule has 1 fully saturated rings. The molecule has 0 spiro atoms. The first-order valence-corrected chi connectivity index (χ1v) is 10.3. The molecule has 0 saturated carbocycles. The van der Waals surface area contributed by atoms with Crippen molar-refractivity contribution in [2.45, 2.75) is 33.2 Å². The Bertz CT molecular complexity index is 918. The molecule has 6 nitrogen and oxygen atoms in total. The van der Waals surface area contributed by atoms with Crippen LogP contribution in [0.15, 0.2) is 54.9 Å². The molecule has 0 radical (unpaired) electrons. The van der Waals surface area contributed by atoms with Gasteiger partial charge in [-0.05, 0) is 61.6 Å². The first-order valence-electron chi connectivity index (χ1n) is 10.3. The van der Waals surface area contributed by atoms with Crippen LogP contribution in [0.3, 0.4) is 0 Å². The lowest BCUT2D eigenvalue weighted by molar-refractivity contribution is 0.438. The zero-order valence-electron chi connectivity index (χ0n) is 17.1. The van der Waals surface area contributed by atoms with Crippen molar-refractivity contribution in [2.24, 2.45) is 5.92 Å². The number of nitrogens with one attached hydrogen (secondary N) is 2. The molecule has 1 saturated heterocycles. The lowest BCUT2D eigenvalue weighted by atomic mass is 9.99. The highest BCUT2D eigenvalue weighted by Gasteiger charge is 2.15. The largest absolute Gasteiger partial charge is 0.372 e. The summed E-state index contributed by atoms with van der Waals surface area (Å²) in [4.78, 5) is 15.6. The van der Waals surface area contributed by atoms with Crippen LogP contribution < -0.4 is 15.5 Å². The monoisotopic (exact) mass is 388 g/mol. The van der Waals surface area contributed by atoms with Gasteiger partial charge in [-0.3, -0.25) is 4.98 Å². The van der Waals surface area contributed by atoms with Gasteiger partial charge in [0.2, 0.25) is 0 Å².